The smallest absolute Gasteiger partial charge is 0.268 e. The molecule has 1 N–H and O–H groups in total. The molecule has 2 heterocycles. The van der Waals surface area contributed by atoms with Crippen LogP contribution >= 0.6 is 0 Å². The second-order valence-corrected chi connectivity index (χ2v) is 6.12. The molecule has 0 aliphatic heterocycles. The van der Waals surface area contributed by atoms with Gasteiger partial charge in [0.15, 0.2) is 0 Å². The van der Waals surface area contributed by atoms with Crippen molar-refractivity contribution in [3.63, 3.8) is 0 Å². The first-order chi connectivity index (χ1) is 12.0. The molecule has 0 saturated carbocycles. The number of carbonyl (C=O) groups is 1. The monoisotopic (exact) mass is 340 g/mol. The van der Waals surface area contributed by atoms with Gasteiger partial charge in [0.2, 0.25) is 0 Å². The van der Waals surface area contributed by atoms with Crippen LogP contribution in [0.25, 0.3) is 0 Å². The second kappa shape index (κ2) is 6.97. The average molecular weight is 340 g/mol. The highest BCUT2D eigenvalue weighted by Crippen LogP contribution is 2.23. The fourth-order valence-corrected chi connectivity index (χ4v) is 2.97. The van der Waals surface area contributed by atoms with E-state index in [0.717, 1.165) is 16.8 Å². The second-order valence-electron chi connectivity index (χ2n) is 6.12. The van der Waals surface area contributed by atoms with E-state index in [1.54, 1.807) is 30.5 Å². The molecular weight excluding hydrogens is 319 g/mol. The Morgan fingerprint density at radius 2 is 1.88 bits per heavy atom. The molecule has 4 nitrogen and oxygen atoms in total. The molecule has 0 aliphatic carbocycles. The van der Waals surface area contributed by atoms with Gasteiger partial charge in [-0.25, -0.2) is 4.39 Å². The van der Waals surface area contributed by atoms with Crippen molar-refractivity contribution in [2.75, 3.05) is 0 Å². The lowest BCUT2D eigenvalue weighted by atomic mass is 10.1. The summed E-state index contributed by atoms with van der Waals surface area (Å²) in [6.07, 6.45) is 1.57. The standard InChI is InChI=1S/C20H21FN2O2/c1-13-14(2)19(20(24)22-11-17-8-6-10-25-17)23(15(13)3)12-16-7-4-5-9-18(16)21/h4-10H,11-12H2,1-3H3,(H,22,24). The zero-order valence-electron chi connectivity index (χ0n) is 14.6. The van der Waals surface area contributed by atoms with Gasteiger partial charge in [-0.1, -0.05) is 18.2 Å². The Hall–Kier alpha value is -2.82. The fourth-order valence-electron chi connectivity index (χ4n) is 2.97. The Bertz CT molecular complexity index is 895. The SMILES string of the molecule is Cc1c(C)c(C(=O)NCc2ccco2)n(Cc2ccccc2F)c1C. The van der Waals surface area contributed by atoms with Gasteiger partial charge in [0.05, 0.1) is 19.4 Å². The third kappa shape index (κ3) is 3.36. The lowest BCUT2D eigenvalue weighted by Crippen LogP contribution is -2.26. The number of aromatic nitrogens is 1. The normalized spacial score (nSPS) is 10.9. The first kappa shape index (κ1) is 17.0. The Kier molecular flexibility index (Phi) is 4.74. The number of hydrogen-bond donors (Lipinski definition) is 1. The third-order valence-corrected chi connectivity index (χ3v) is 4.64. The molecule has 0 fully saturated rings. The van der Waals surface area contributed by atoms with Crippen molar-refractivity contribution in [1.29, 1.82) is 0 Å². The molecule has 0 aliphatic rings. The van der Waals surface area contributed by atoms with Crippen molar-refractivity contribution in [2.24, 2.45) is 0 Å². The highest BCUT2D eigenvalue weighted by Gasteiger charge is 2.21. The van der Waals surface area contributed by atoms with E-state index in [1.165, 1.54) is 6.07 Å². The van der Waals surface area contributed by atoms with Crippen LogP contribution in [0.3, 0.4) is 0 Å². The molecule has 3 rings (SSSR count). The zero-order valence-corrected chi connectivity index (χ0v) is 14.6. The van der Waals surface area contributed by atoms with Gasteiger partial charge in [0.1, 0.15) is 17.3 Å². The van der Waals surface area contributed by atoms with Crippen LogP contribution in [0.5, 0.6) is 0 Å². The minimum absolute atomic E-state index is 0.193. The quantitative estimate of drug-likeness (QED) is 0.759. The summed E-state index contributed by atoms with van der Waals surface area (Å²) < 4.78 is 21.2. The highest BCUT2D eigenvalue weighted by molar-refractivity contribution is 5.94. The molecular formula is C20H21FN2O2. The van der Waals surface area contributed by atoms with Crippen LogP contribution in [0.2, 0.25) is 0 Å². The van der Waals surface area contributed by atoms with E-state index in [0.29, 0.717) is 30.1 Å². The van der Waals surface area contributed by atoms with Gasteiger partial charge in [-0.2, -0.15) is 0 Å². The number of amides is 1. The topological polar surface area (TPSA) is 47.2 Å². The van der Waals surface area contributed by atoms with Crippen molar-refractivity contribution in [2.45, 2.75) is 33.9 Å². The molecule has 0 bridgehead atoms. The number of carbonyl (C=O) groups excluding carboxylic acids is 1. The summed E-state index contributed by atoms with van der Waals surface area (Å²) in [5, 5.41) is 2.88. The lowest BCUT2D eigenvalue weighted by Gasteiger charge is -2.13. The van der Waals surface area contributed by atoms with Gasteiger partial charge < -0.3 is 14.3 Å². The number of hydrogen-bond acceptors (Lipinski definition) is 2. The molecule has 0 radical (unpaired) electrons. The summed E-state index contributed by atoms with van der Waals surface area (Å²) in [7, 11) is 0. The summed E-state index contributed by atoms with van der Waals surface area (Å²) >= 11 is 0. The number of furan rings is 1. The fraction of sp³-hybridized carbons (Fsp3) is 0.250. The molecule has 0 atom stereocenters. The number of benzene rings is 1. The van der Waals surface area contributed by atoms with Crippen molar-refractivity contribution in [1.82, 2.24) is 9.88 Å². The van der Waals surface area contributed by atoms with Crippen LogP contribution < -0.4 is 5.32 Å². The Morgan fingerprint density at radius 1 is 1.12 bits per heavy atom. The minimum Gasteiger partial charge on any atom is -0.467 e. The summed E-state index contributed by atoms with van der Waals surface area (Å²) in [6, 6.07) is 10.2. The van der Waals surface area contributed by atoms with Crippen LogP contribution in [-0.2, 0) is 13.1 Å². The van der Waals surface area contributed by atoms with E-state index in [4.69, 9.17) is 4.42 Å². The Balaban J connectivity index is 1.91. The van der Waals surface area contributed by atoms with E-state index in [2.05, 4.69) is 5.32 Å². The van der Waals surface area contributed by atoms with Gasteiger partial charge in [0, 0.05) is 11.3 Å². The molecule has 0 spiro atoms. The molecule has 1 amide bonds. The minimum atomic E-state index is -0.271. The van der Waals surface area contributed by atoms with E-state index < -0.39 is 0 Å². The van der Waals surface area contributed by atoms with E-state index in [9.17, 15) is 9.18 Å². The van der Waals surface area contributed by atoms with Crippen molar-refractivity contribution < 1.29 is 13.6 Å². The maximum absolute atomic E-state index is 14.1. The van der Waals surface area contributed by atoms with E-state index in [-0.39, 0.29) is 11.7 Å². The predicted molar refractivity (Wildman–Crippen MR) is 94.0 cm³/mol. The summed E-state index contributed by atoms with van der Waals surface area (Å²) in [5.41, 5.74) is 4.03. The van der Waals surface area contributed by atoms with Crippen LogP contribution in [0.4, 0.5) is 4.39 Å². The summed E-state index contributed by atoms with van der Waals surface area (Å²) in [6.45, 7) is 6.48. The predicted octanol–water partition coefficient (Wildman–Crippen LogP) is 4.12. The first-order valence-electron chi connectivity index (χ1n) is 8.19. The van der Waals surface area contributed by atoms with Gasteiger partial charge >= 0.3 is 0 Å². The molecule has 130 valence electrons. The largest absolute Gasteiger partial charge is 0.467 e. The maximum atomic E-state index is 14.1. The molecule has 1 aromatic carbocycles. The summed E-state index contributed by atoms with van der Waals surface area (Å²) in [5.74, 6) is 0.223. The van der Waals surface area contributed by atoms with Crippen LogP contribution in [0.15, 0.2) is 47.1 Å². The van der Waals surface area contributed by atoms with Crippen LogP contribution in [0, 0.1) is 26.6 Å². The molecule has 0 saturated heterocycles. The van der Waals surface area contributed by atoms with Crippen molar-refractivity contribution in [3.05, 3.63) is 82.3 Å². The van der Waals surface area contributed by atoms with Crippen molar-refractivity contribution >= 4 is 5.91 Å². The van der Waals surface area contributed by atoms with Crippen LogP contribution in [-0.4, -0.2) is 10.5 Å². The number of rotatable bonds is 5. The van der Waals surface area contributed by atoms with Crippen molar-refractivity contribution in [3.8, 4) is 0 Å². The number of nitrogens with zero attached hydrogens (tertiary/aromatic N) is 1. The molecule has 2 aromatic heterocycles. The molecule has 3 aromatic rings. The average Bonchev–Trinajstić information content (AvgIpc) is 3.19. The third-order valence-electron chi connectivity index (χ3n) is 4.64. The van der Waals surface area contributed by atoms with Gasteiger partial charge in [-0.05, 0) is 50.1 Å². The van der Waals surface area contributed by atoms with Gasteiger partial charge in [-0.15, -0.1) is 0 Å². The van der Waals surface area contributed by atoms with Gasteiger partial charge in [0.25, 0.3) is 5.91 Å². The number of nitrogens with one attached hydrogen (secondary N) is 1. The zero-order chi connectivity index (χ0) is 18.0. The summed E-state index contributed by atoms with van der Waals surface area (Å²) in [4.78, 5) is 12.8. The number of halogens is 1. The van der Waals surface area contributed by atoms with Gasteiger partial charge in [-0.3, -0.25) is 4.79 Å². The Morgan fingerprint density at radius 3 is 2.56 bits per heavy atom. The first-order valence-corrected chi connectivity index (χ1v) is 8.19. The molecule has 5 heteroatoms. The Labute approximate surface area is 146 Å². The van der Waals surface area contributed by atoms with E-state index in [1.807, 2.05) is 31.4 Å². The maximum Gasteiger partial charge on any atom is 0.268 e. The lowest BCUT2D eigenvalue weighted by molar-refractivity contribution is 0.0938. The molecule has 0 unspecified atom stereocenters. The van der Waals surface area contributed by atoms with Crippen LogP contribution in [0.1, 0.15) is 38.6 Å². The molecule has 25 heavy (non-hydrogen) atoms. The van der Waals surface area contributed by atoms with E-state index >= 15 is 0 Å². The highest BCUT2D eigenvalue weighted by atomic mass is 19.1.